The Labute approximate surface area is 76.0 Å². The highest BCUT2D eigenvalue weighted by Crippen LogP contribution is 2.13. The van der Waals surface area contributed by atoms with Crippen LogP contribution in [0.3, 0.4) is 0 Å². The van der Waals surface area contributed by atoms with Crippen molar-refractivity contribution in [2.75, 3.05) is 0 Å². The second kappa shape index (κ2) is 6.66. The molecule has 12 heavy (non-hydrogen) atoms. The molecule has 0 saturated carbocycles. The fraction of sp³-hybridized carbons (Fsp3) is 0.333. The Hall–Kier alpha value is -1.04. The van der Waals surface area contributed by atoms with Gasteiger partial charge in [-0.2, -0.15) is 0 Å². The van der Waals surface area contributed by atoms with Gasteiger partial charge in [-0.15, -0.1) is 0 Å². The first-order valence-corrected chi connectivity index (χ1v) is 4.30. The lowest BCUT2D eigenvalue weighted by Gasteiger charge is -2.10. The van der Waals surface area contributed by atoms with Crippen LogP contribution in [0.15, 0.2) is 49.6 Å². The first-order valence-electron chi connectivity index (χ1n) is 4.30. The van der Waals surface area contributed by atoms with E-state index in [1.54, 1.807) is 12.2 Å². The zero-order valence-electron chi connectivity index (χ0n) is 8.03. The standard InChI is InChI=1S/C12H18/c1-5-7-9-11(3)12(4)10-8-6-2/h5-12H,1-2H2,3-4H3/b9-7+,10-8+. The van der Waals surface area contributed by atoms with Gasteiger partial charge in [0.05, 0.1) is 0 Å². The van der Waals surface area contributed by atoms with E-state index < -0.39 is 0 Å². The smallest absolute Gasteiger partial charge is 0.0198 e. The van der Waals surface area contributed by atoms with Crippen LogP contribution in [-0.2, 0) is 0 Å². The van der Waals surface area contributed by atoms with Gasteiger partial charge in [0.15, 0.2) is 0 Å². The molecule has 0 aliphatic carbocycles. The van der Waals surface area contributed by atoms with Crippen molar-refractivity contribution in [3.8, 4) is 0 Å². The zero-order chi connectivity index (χ0) is 9.40. The molecule has 0 bridgehead atoms. The van der Waals surface area contributed by atoms with Gasteiger partial charge in [0.2, 0.25) is 0 Å². The fourth-order valence-electron chi connectivity index (χ4n) is 0.858. The zero-order valence-corrected chi connectivity index (χ0v) is 8.03. The highest BCUT2D eigenvalue weighted by Gasteiger charge is 2.03. The molecule has 0 aliphatic rings. The maximum atomic E-state index is 3.63. The summed E-state index contributed by atoms with van der Waals surface area (Å²) in [6.45, 7) is 11.7. The third kappa shape index (κ3) is 4.73. The highest BCUT2D eigenvalue weighted by atomic mass is 14.1. The maximum absolute atomic E-state index is 3.63. The third-order valence-corrected chi connectivity index (χ3v) is 1.93. The van der Waals surface area contributed by atoms with Gasteiger partial charge in [-0.25, -0.2) is 0 Å². The molecule has 0 heteroatoms. The van der Waals surface area contributed by atoms with Crippen LogP contribution in [0.5, 0.6) is 0 Å². The van der Waals surface area contributed by atoms with E-state index in [9.17, 15) is 0 Å². The lowest BCUT2D eigenvalue weighted by molar-refractivity contribution is 0.558. The predicted octanol–water partition coefficient (Wildman–Crippen LogP) is 3.74. The van der Waals surface area contributed by atoms with Crippen molar-refractivity contribution in [1.29, 1.82) is 0 Å². The van der Waals surface area contributed by atoms with Crippen molar-refractivity contribution in [3.05, 3.63) is 49.6 Å². The van der Waals surface area contributed by atoms with Gasteiger partial charge in [0.25, 0.3) is 0 Å². The molecular formula is C12H18. The first-order chi connectivity index (χ1) is 5.72. The minimum Gasteiger partial charge on any atom is -0.0991 e. The minimum atomic E-state index is 0.555. The van der Waals surface area contributed by atoms with Gasteiger partial charge in [-0.05, 0) is 11.8 Å². The van der Waals surface area contributed by atoms with Gasteiger partial charge in [0, 0.05) is 0 Å². The molecule has 0 radical (unpaired) electrons. The molecule has 0 fully saturated rings. The lowest BCUT2D eigenvalue weighted by Crippen LogP contribution is -2.00. The lowest BCUT2D eigenvalue weighted by atomic mass is 9.95. The monoisotopic (exact) mass is 162 g/mol. The average Bonchev–Trinajstić information content (AvgIpc) is 2.10. The maximum Gasteiger partial charge on any atom is -0.0198 e. The second-order valence-corrected chi connectivity index (χ2v) is 2.96. The van der Waals surface area contributed by atoms with Crippen molar-refractivity contribution in [2.45, 2.75) is 13.8 Å². The summed E-state index contributed by atoms with van der Waals surface area (Å²) in [7, 11) is 0. The van der Waals surface area contributed by atoms with E-state index >= 15 is 0 Å². The number of hydrogen-bond donors (Lipinski definition) is 0. The molecule has 0 heterocycles. The van der Waals surface area contributed by atoms with E-state index in [4.69, 9.17) is 0 Å². The van der Waals surface area contributed by atoms with Crippen molar-refractivity contribution >= 4 is 0 Å². The summed E-state index contributed by atoms with van der Waals surface area (Å²) in [6.07, 6.45) is 11.9. The average molecular weight is 162 g/mol. The van der Waals surface area contributed by atoms with Gasteiger partial charge >= 0.3 is 0 Å². The molecule has 0 saturated heterocycles. The molecule has 0 aromatic rings. The molecule has 0 aliphatic heterocycles. The summed E-state index contributed by atoms with van der Waals surface area (Å²) in [5, 5.41) is 0. The molecule has 0 rings (SSSR count). The molecule has 2 unspecified atom stereocenters. The van der Waals surface area contributed by atoms with Crippen LogP contribution in [0, 0.1) is 11.8 Å². The van der Waals surface area contributed by atoms with Gasteiger partial charge in [-0.3, -0.25) is 0 Å². The highest BCUT2D eigenvalue weighted by molar-refractivity contribution is 5.05. The SMILES string of the molecule is C=C/C=C/C(C)C(C)/C=C/C=C. The Bertz CT molecular complexity index is 162. The van der Waals surface area contributed by atoms with E-state index in [2.05, 4.69) is 39.2 Å². The van der Waals surface area contributed by atoms with Crippen LogP contribution < -0.4 is 0 Å². The van der Waals surface area contributed by atoms with Gasteiger partial charge in [-0.1, -0.05) is 63.5 Å². The number of hydrogen-bond acceptors (Lipinski definition) is 0. The summed E-state index contributed by atoms with van der Waals surface area (Å²) in [6, 6.07) is 0. The van der Waals surface area contributed by atoms with E-state index in [0.29, 0.717) is 11.8 Å². The van der Waals surface area contributed by atoms with Crippen molar-refractivity contribution < 1.29 is 0 Å². The normalized spacial score (nSPS) is 16.5. The largest absolute Gasteiger partial charge is 0.0991 e. The van der Waals surface area contributed by atoms with Crippen molar-refractivity contribution in [2.24, 2.45) is 11.8 Å². The summed E-state index contributed by atoms with van der Waals surface area (Å²) in [4.78, 5) is 0. The summed E-state index contributed by atoms with van der Waals surface area (Å²) < 4.78 is 0. The Morgan fingerprint density at radius 1 is 0.833 bits per heavy atom. The Balaban J connectivity index is 3.99. The van der Waals surface area contributed by atoms with Crippen molar-refractivity contribution in [3.63, 3.8) is 0 Å². The third-order valence-electron chi connectivity index (χ3n) is 1.93. The quantitative estimate of drug-likeness (QED) is 0.540. The Morgan fingerprint density at radius 2 is 1.17 bits per heavy atom. The molecule has 0 spiro atoms. The number of rotatable bonds is 5. The Morgan fingerprint density at radius 3 is 1.42 bits per heavy atom. The van der Waals surface area contributed by atoms with E-state index in [-0.39, 0.29) is 0 Å². The molecule has 0 aromatic heterocycles. The minimum absolute atomic E-state index is 0.555. The van der Waals surface area contributed by atoms with Crippen LogP contribution in [0.2, 0.25) is 0 Å². The van der Waals surface area contributed by atoms with E-state index in [1.165, 1.54) is 0 Å². The molecule has 66 valence electrons. The summed E-state index contributed by atoms with van der Waals surface area (Å²) in [5.41, 5.74) is 0. The summed E-state index contributed by atoms with van der Waals surface area (Å²) >= 11 is 0. The van der Waals surface area contributed by atoms with E-state index in [1.807, 2.05) is 12.2 Å². The van der Waals surface area contributed by atoms with Crippen LogP contribution in [0.4, 0.5) is 0 Å². The van der Waals surface area contributed by atoms with Gasteiger partial charge in [0.1, 0.15) is 0 Å². The van der Waals surface area contributed by atoms with Crippen LogP contribution in [0.1, 0.15) is 13.8 Å². The Kier molecular flexibility index (Phi) is 6.08. The first kappa shape index (κ1) is 11.0. The molecule has 0 aromatic carbocycles. The molecule has 2 atom stereocenters. The van der Waals surface area contributed by atoms with Crippen LogP contribution in [0.25, 0.3) is 0 Å². The van der Waals surface area contributed by atoms with E-state index in [0.717, 1.165) is 0 Å². The second-order valence-electron chi connectivity index (χ2n) is 2.96. The molecule has 0 amide bonds. The topological polar surface area (TPSA) is 0 Å². The molecule has 0 N–H and O–H groups in total. The predicted molar refractivity (Wildman–Crippen MR) is 57.0 cm³/mol. The fourth-order valence-corrected chi connectivity index (χ4v) is 0.858. The van der Waals surface area contributed by atoms with Crippen LogP contribution >= 0.6 is 0 Å². The molecule has 0 nitrogen and oxygen atoms in total. The van der Waals surface area contributed by atoms with Crippen molar-refractivity contribution in [1.82, 2.24) is 0 Å². The number of allylic oxidation sites excluding steroid dienone is 6. The summed E-state index contributed by atoms with van der Waals surface area (Å²) in [5.74, 6) is 1.11. The molecular weight excluding hydrogens is 144 g/mol. The van der Waals surface area contributed by atoms with Gasteiger partial charge < -0.3 is 0 Å². The van der Waals surface area contributed by atoms with Crippen LogP contribution in [-0.4, -0.2) is 0 Å².